The van der Waals surface area contributed by atoms with Crippen molar-refractivity contribution >= 4 is 22.5 Å². The topological polar surface area (TPSA) is 56.4 Å². The van der Waals surface area contributed by atoms with Crippen LogP contribution in [0.2, 0.25) is 0 Å². The lowest BCUT2D eigenvalue weighted by atomic mass is 9.99. The van der Waals surface area contributed by atoms with E-state index in [9.17, 15) is 18.4 Å². The monoisotopic (exact) mass is 449 g/mol. The number of para-hydroxylation sites is 2. The fraction of sp³-hybridized carbons (Fsp3) is 0.280. The molecule has 0 amide bonds. The lowest BCUT2D eigenvalue weighted by molar-refractivity contribution is -0.137. The highest BCUT2D eigenvalue weighted by molar-refractivity contribution is 5.89. The van der Waals surface area contributed by atoms with Crippen LogP contribution in [0.3, 0.4) is 0 Å². The molecule has 8 heteroatoms. The van der Waals surface area contributed by atoms with E-state index in [1.165, 1.54) is 12.1 Å². The average Bonchev–Trinajstić information content (AvgIpc) is 3.22. The molecule has 1 N–H and O–H groups in total. The summed E-state index contributed by atoms with van der Waals surface area (Å²) in [5.74, 6) is 0.882. The standard InChI is InChI=1S/C25H22F3N5/c1-30-18-5-4-12-32(15-18)23-13-19(16-8-10-17(11-9-16)25(26,27)28)20(14-29)24-31-21-6-2-3-7-22(21)33(23)24/h2-3,6-11,13,18,30H,4-5,12,15H2,1H3. The van der Waals surface area contributed by atoms with Gasteiger partial charge in [0, 0.05) is 24.7 Å². The van der Waals surface area contributed by atoms with Crippen molar-refractivity contribution in [1.82, 2.24) is 14.7 Å². The maximum Gasteiger partial charge on any atom is 0.416 e. The molecule has 3 heterocycles. The van der Waals surface area contributed by atoms with E-state index in [4.69, 9.17) is 4.98 Å². The molecule has 1 aliphatic rings. The molecule has 1 fully saturated rings. The number of benzene rings is 2. The van der Waals surface area contributed by atoms with Gasteiger partial charge in [0.25, 0.3) is 0 Å². The number of anilines is 1. The van der Waals surface area contributed by atoms with Gasteiger partial charge >= 0.3 is 6.18 Å². The van der Waals surface area contributed by atoms with Crippen LogP contribution in [0.15, 0.2) is 54.6 Å². The van der Waals surface area contributed by atoms with Gasteiger partial charge < -0.3 is 10.2 Å². The van der Waals surface area contributed by atoms with Crippen LogP contribution in [0.1, 0.15) is 24.0 Å². The highest BCUT2D eigenvalue weighted by Gasteiger charge is 2.30. The minimum atomic E-state index is -4.41. The number of hydrogen-bond donors (Lipinski definition) is 1. The van der Waals surface area contributed by atoms with E-state index < -0.39 is 11.7 Å². The molecule has 1 saturated heterocycles. The molecule has 1 aliphatic heterocycles. The molecule has 1 atom stereocenters. The van der Waals surface area contributed by atoms with Crippen LogP contribution < -0.4 is 10.2 Å². The number of nitrogens with zero attached hydrogens (tertiary/aromatic N) is 4. The van der Waals surface area contributed by atoms with Gasteiger partial charge in [0.2, 0.25) is 0 Å². The summed E-state index contributed by atoms with van der Waals surface area (Å²) in [7, 11) is 1.95. The maximum atomic E-state index is 13.1. The molecule has 0 spiro atoms. The molecule has 2 aromatic carbocycles. The SMILES string of the molecule is CNC1CCCN(c2cc(-c3ccc(C(F)(F)F)cc3)c(C#N)c3nc4ccccc4n23)C1. The van der Waals surface area contributed by atoms with E-state index in [1.807, 2.05) is 41.8 Å². The Labute approximate surface area is 189 Å². The molecule has 168 valence electrons. The summed E-state index contributed by atoms with van der Waals surface area (Å²) in [6.07, 6.45) is -2.33. The van der Waals surface area contributed by atoms with Gasteiger partial charge in [-0.05, 0) is 55.8 Å². The number of likely N-dealkylation sites (N-methyl/N-ethyl adjacent to an activating group) is 1. The first-order valence-corrected chi connectivity index (χ1v) is 10.8. The fourth-order valence-corrected chi connectivity index (χ4v) is 4.64. The first-order valence-electron chi connectivity index (χ1n) is 10.8. The van der Waals surface area contributed by atoms with Gasteiger partial charge in [-0.1, -0.05) is 24.3 Å². The van der Waals surface area contributed by atoms with Crippen molar-refractivity contribution in [2.24, 2.45) is 0 Å². The molecule has 0 radical (unpaired) electrons. The predicted octanol–water partition coefficient (Wildman–Crippen LogP) is 5.23. The minimum Gasteiger partial charge on any atom is -0.356 e. The number of imidazole rings is 1. The number of aromatic nitrogens is 2. The Morgan fingerprint density at radius 1 is 1.12 bits per heavy atom. The zero-order chi connectivity index (χ0) is 23.2. The van der Waals surface area contributed by atoms with Gasteiger partial charge in [-0.3, -0.25) is 4.40 Å². The van der Waals surface area contributed by atoms with E-state index in [0.717, 1.165) is 54.9 Å². The summed E-state index contributed by atoms with van der Waals surface area (Å²) < 4.78 is 41.3. The van der Waals surface area contributed by atoms with E-state index in [-0.39, 0.29) is 0 Å². The molecule has 0 aliphatic carbocycles. The van der Waals surface area contributed by atoms with E-state index in [2.05, 4.69) is 16.3 Å². The Morgan fingerprint density at radius 2 is 1.88 bits per heavy atom. The number of fused-ring (bicyclic) bond motifs is 3. The largest absolute Gasteiger partial charge is 0.416 e. The molecule has 33 heavy (non-hydrogen) atoms. The third-order valence-electron chi connectivity index (χ3n) is 6.34. The Kier molecular flexibility index (Phi) is 5.22. The van der Waals surface area contributed by atoms with Gasteiger partial charge in [-0.2, -0.15) is 18.4 Å². The van der Waals surface area contributed by atoms with Gasteiger partial charge in [-0.25, -0.2) is 4.98 Å². The van der Waals surface area contributed by atoms with Crippen LogP contribution in [-0.2, 0) is 6.18 Å². The fourth-order valence-electron chi connectivity index (χ4n) is 4.64. The van der Waals surface area contributed by atoms with E-state index in [0.29, 0.717) is 28.4 Å². The second-order valence-electron chi connectivity index (χ2n) is 8.31. The van der Waals surface area contributed by atoms with Crippen LogP contribution in [0.4, 0.5) is 19.0 Å². The van der Waals surface area contributed by atoms with Crippen LogP contribution >= 0.6 is 0 Å². The molecular formula is C25H22F3N5. The van der Waals surface area contributed by atoms with Gasteiger partial charge in [0.05, 0.1) is 16.6 Å². The summed E-state index contributed by atoms with van der Waals surface area (Å²) in [6.45, 7) is 1.63. The Hall–Kier alpha value is -3.57. The van der Waals surface area contributed by atoms with Crippen molar-refractivity contribution in [1.29, 1.82) is 5.26 Å². The minimum absolute atomic E-state index is 0.328. The molecular weight excluding hydrogens is 427 g/mol. The van der Waals surface area contributed by atoms with Crippen LogP contribution in [0.5, 0.6) is 0 Å². The number of nitrogens with one attached hydrogen (secondary N) is 1. The molecule has 0 saturated carbocycles. The van der Waals surface area contributed by atoms with Crippen molar-refractivity contribution in [3.63, 3.8) is 0 Å². The summed E-state index contributed by atoms with van der Waals surface area (Å²) in [6, 6.07) is 17.2. The summed E-state index contributed by atoms with van der Waals surface area (Å²) in [5.41, 5.74) is 2.93. The number of halogens is 3. The summed E-state index contributed by atoms with van der Waals surface area (Å²) >= 11 is 0. The molecule has 2 aromatic heterocycles. The quantitative estimate of drug-likeness (QED) is 0.465. The normalized spacial score (nSPS) is 16.9. The molecule has 4 aromatic rings. The van der Waals surface area contributed by atoms with Gasteiger partial charge in [-0.15, -0.1) is 0 Å². The van der Waals surface area contributed by atoms with Crippen LogP contribution in [-0.4, -0.2) is 35.6 Å². The predicted molar refractivity (Wildman–Crippen MR) is 122 cm³/mol. The third-order valence-corrected chi connectivity index (χ3v) is 6.34. The number of nitriles is 1. The number of piperidine rings is 1. The van der Waals surface area contributed by atoms with E-state index in [1.54, 1.807) is 0 Å². The number of rotatable bonds is 3. The maximum absolute atomic E-state index is 13.1. The Balaban J connectivity index is 1.77. The summed E-state index contributed by atoms with van der Waals surface area (Å²) in [4.78, 5) is 7.01. The molecule has 5 rings (SSSR count). The molecule has 1 unspecified atom stereocenters. The average molecular weight is 449 g/mol. The van der Waals surface area contributed by atoms with Crippen molar-refractivity contribution in [3.8, 4) is 17.2 Å². The first-order chi connectivity index (χ1) is 15.9. The second kappa shape index (κ2) is 8.09. The van der Waals surface area contributed by atoms with E-state index >= 15 is 0 Å². The Morgan fingerprint density at radius 3 is 2.58 bits per heavy atom. The van der Waals surface area contributed by atoms with Crippen molar-refractivity contribution in [2.75, 3.05) is 25.0 Å². The van der Waals surface area contributed by atoms with Crippen molar-refractivity contribution in [2.45, 2.75) is 25.1 Å². The van der Waals surface area contributed by atoms with Crippen LogP contribution in [0, 0.1) is 11.3 Å². The van der Waals surface area contributed by atoms with Crippen molar-refractivity contribution < 1.29 is 13.2 Å². The zero-order valence-corrected chi connectivity index (χ0v) is 18.0. The second-order valence-corrected chi connectivity index (χ2v) is 8.31. The highest BCUT2D eigenvalue weighted by Crippen LogP contribution is 2.37. The lowest BCUT2D eigenvalue weighted by Gasteiger charge is -2.35. The number of hydrogen-bond acceptors (Lipinski definition) is 4. The lowest BCUT2D eigenvalue weighted by Crippen LogP contribution is -2.45. The number of alkyl halides is 3. The Bertz CT molecular complexity index is 1370. The third kappa shape index (κ3) is 3.68. The van der Waals surface area contributed by atoms with Gasteiger partial charge in [0.1, 0.15) is 17.5 Å². The summed E-state index contributed by atoms with van der Waals surface area (Å²) in [5, 5.41) is 13.4. The molecule has 5 nitrogen and oxygen atoms in total. The number of pyridine rings is 1. The highest BCUT2D eigenvalue weighted by atomic mass is 19.4. The van der Waals surface area contributed by atoms with Crippen molar-refractivity contribution in [3.05, 3.63) is 65.7 Å². The smallest absolute Gasteiger partial charge is 0.356 e. The first kappa shape index (κ1) is 21.3. The van der Waals surface area contributed by atoms with Crippen LogP contribution in [0.25, 0.3) is 27.8 Å². The zero-order valence-electron chi connectivity index (χ0n) is 18.0. The molecule has 0 bridgehead atoms. The van der Waals surface area contributed by atoms with Gasteiger partial charge in [0.15, 0.2) is 5.65 Å².